The molecule has 0 bridgehead atoms. The van der Waals surface area contributed by atoms with Gasteiger partial charge >= 0.3 is 17.9 Å². The summed E-state index contributed by atoms with van der Waals surface area (Å²) in [5.41, 5.74) is -0.441. The zero-order valence-corrected chi connectivity index (χ0v) is 19.5. The van der Waals surface area contributed by atoms with Crippen molar-refractivity contribution in [3.8, 4) is 0 Å². The first-order valence-corrected chi connectivity index (χ1v) is 12.3. The molecule has 31 heavy (non-hydrogen) atoms. The van der Waals surface area contributed by atoms with Gasteiger partial charge in [0, 0.05) is 37.0 Å². The van der Waals surface area contributed by atoms with Gasteiger partial charge in [-0.15, -0.1) is 0 Å². The van der Waals surface area contributed by atoms with Gasteiger partial charge in [-0.25, -0.2) is 4.79 Å². The van der Waals surface area contributed by atoms with Crippen LogP contribution in [0.15, 0.2) is 11.6 Å². The van der Waals surface area contributed by atoms with E-state index >= 15 is 0 Å². The molecular weight excluding hydrogens is 420 g/mol. The number of rotatable bonds is 7. The third-order valence-corrected chi connectivity index (χ3v) is 9.06. The van der Waals surface area contributed by atoms with E-state index in [1.165, 1.54) is 0 Å². The number of hydrogen-bond acceptors (Lipinski definition) is 8. The number of carbonyl (C=O) groups excluding carboxylic acids is 3. The Morgan fingerprint density at radius 2 is 1.97 bits per heavy atom. The van der Waals surface area contributed by atoms with Gasteiger partial charge in [-0.3, -0.25) is 9.59 Å². The van der Waals surface area contributed by atoms with E-state index in [1.54, 1.807) is 31.9 Å². The van der Waals surface area contributed by atoms with Crippen LogP contribution in [0.5, 0.6) is 0 Å². The summed E-state index contributed by atoms with van der Waals surface area (Å²) in [4.78, 5) is 37.2. The number of cyclic esters (lactones) is 1. The van der Waals surface area contributed by atoms with Crippen LogP contribution in [0.2, 0.25) is 0 Å². The van der Waals surface area contributed by atoms with Crippen molar-refractivity contribution in [1.29, 1.82) is 0 Å². The van der Waals surface area contributed by atoms with Gasteiger partial charge in [0.25, 0.3) is 0 Å². The molecule has 0 amide bonds. The van der Waals surface area contributed by atoms with Crippen LogP contribution in [0, 0.1) is 22.2 Å². The van der Waals surface area contributed by atoms with E-state index in [0.717, 1.165) is 24.8 Å². The predicted molar refractivity (Wildman–Crippen MR) is 114 cm³/mol. The number of esters is 3. The van der Waals surface area contributed by atoms with Crippen LogP contribution in [0.25, 0.3) is 0 Å². The van der Waals surface area contributed by atoms with Gasteiger partial charge in [-0.05, 0) is 37.7 Å². The van der Waals surface area contributed by atoms with Gasteiger partial charge < -0.3 is 18.9 Å². The lowest BCUT2D eigenvalue weighted by atomic mass is 9.45. The minimum atomic E-state index is -0.750. The van der Waals surface area contributed by atoms with E-state index in [0.29, 0.717) is 31.0 Å². The average Bonchev–Trinajstić information content (AvgIpc) is 2.97. The lowest BCUT2D eigenvalue weighted by Gasteiger charge is -2.60. The van der Waals surface area contributed by atoms with E-state index in [-0.39, 0.29) is 29.4 Å². The quantitative estimate of drug-likeness (QED) is 0.330. The lowest BCUT2D eigenvalue weighted by Crippen LogP contribution is -2.61. The number of thioether (sulfide) groups is 1. The largest absolute Gasteiger partial charge is 0.466 e. The molecule has 0 aromatic carbocycles. The third-order valence-electron chi connectivity index (χ3n) is 7.84. The van der Waals surface area contributed by atoms with Gasteiger partial charge in [0.2, 0.25) is 6.29 Å². The van der Waals surface area contributed by atoms with E-state index < -0.39 is 23.1 Å². The molecule has 0 aromatic heterocycles. The molecule has 1 saturated heterocycles. The predicted octanol–water partition coefficient (Wildman–Crippen LogP) is 3.26. The molecule has 0 spiro atoms. The summed E-state index contributed by atoms with van der Waals surface area (Å²) < 4.78 is 22.3. The van der Waals surface area contributed by atoms with Crippen molar-refractivity contribution in [2.24, 2.45) is 22.2 Å². The highest BCUT2D eigenvalue weighted by Crippen LogP contribution is 2.69. The first-order valence-electron chi connectivity index (χ1n) is 11.1. The molecule has 0 radical (unpaired) electrons. The second-order valence-corrected chi connectivity index (χ2v) is 10.7. The van der Waals surface area contributed by atoms with Gasteiger partial charge in [0.1, 0.15) is 6.10 Å². The molecule has 4 rings (SSSR count). The van der Waals surface area contributed by atoms with E-state index in [9.17, 15) is 14.4 Å². The first-order chi connectivity index (χ1) is 14.7. The van der Waals surface area contributed by atoms with Crippen molar-refractivity contribution >= 4 is 29.7 Å². The first kappa shape index (κ1) is 22.6. The molecule has 2 aliphatic carbocycles. The molecule has 3 fully saturated rings. The SMILES string of the molecule is CCOC(=O)CCSCC12C[C@H]3OC(=O)[C@@]4(C)CCC[C@](C)(C1=CC(=O)O[C@@H]2OC)[C@@H]34. The molecule has 2 heterocycles. The van der Waals surface area contributed by atoms with Crippen LogP contribution in [-0.2, 0) is 33.3 Å². The molecular formula is C23H32O7S. The lowest BCUT2D eigenvalue weighted by molar-refractivity contribution is -0.211. The van der Waals surface area contributed by atoms with E-state index in [4.69, 9.17) is 18.9 Å². The minimum absolute atomic E-state index is 0.0357. The number of fused-ring (bicyclic) bond motifs is 2. The Labute approximate surface area is 187 Å². The Kier molecular flexibility index (Phi) is 5.92. The minimum Gasteiger partial charge on any atom is -0.466 e. The maximum atomic E-state index is 12.9. The molecule has 172 valence electrons. The van der Waals surface area contributed by atoms with Crippen molar-refractivity contribution < 1.29 is 33.3 Å². The highest BCUT2D eigenvalue weighted by Gasteiger charge is 2.71. The molecule has 8 heteroatoms. The summed E-state index contributed by atoms with van der Waals surface area (Å²) in [7, 11) is 1.55. The number of carbonyl (C=O) groups is 3. The van der Waals surface area contributed by atoms with Crippen molar-refractivity contribution in [2.75, 3.05) is 25.2 Å². The van der Waals surface area contributed by atoms with E-state index in [1.807, 2.05) is 6.92 Å². The number of ether oxygens (including phenoxy) is 4. The molecule has 4 aliphatic rings. The molecule has 6 atom stereocenters. The Morgan fingerprint density at radius 1 is 1.23 bits per heavy atom. The maximum Gasteiger partial charge on any atom is 0.333 e. The molecule has 2 saturated carbocycles. The van der Waals surface area contributed by atoms with Gasteiger partial charge in [0.05, 0.1) is 23.9 Å². The Morgan fingerprint density at radius 3 is 2.68 bits per heavy atom. The maximum absolute atomic E-state index is 12.9. The fourth-order valence-corrected chi connectivity index (χ4v) is 7.98. The Balaban J connectivity index is 1.68. The van der Waals surface area contributed by atoms with Crippen LogP contribution >= 0.6 is 11.8 Å². The van der Waals surface area contributed by atoms with Crippen LogP contribution in [0.1, 0.15) is 52.9 Å². The molecule has 7 nitrogen and oxygen atoms in total. The van der Waals surface area contributed by atoms with Gasteiger partial charge in [-0.2, -0.15) is 11.8 Å². The standard InChI is InChI=1S/C23H32O7S/c1-5-28-16(24)7-10-31-13-23-12-14-18-21(2,8-6-9-22(18,3)19(26)29-14)15(23)11-17(25)30-20(23)27-4/h11,14,18,20H,5-10,12-13H2,1-4H3/t14-,18-,20+,21-,22+,23?/m1/s1. The number of methoxy groups -OCH3 is 1. The van der Waals surface area contributed by atoms with Gasteiger partial charge in [0.15, 0.2) is 0 Å². The second kappa shape index (κ2) is 8.10. The molecule has 0 aromatic rings. The van der Waals surface area contributed by atoms with Crippen molar-refractivity contribution in [2.45, 2.75) is 65.3 Å². The highest BCUT2D eigenvalue weighted by atomic mass is 32.2. The van der Waals surface area contributed by atoms with Crippen molar-refractivity contribution in [1.82, 2.24) is 0 Å². The number of hydrogen-bond donors (Lipinski definition) is 0. The Bertz CT molecular complexity index is 810. The molecule has 0 N–H and O–H groups in total. The summed E-state index contributed by atoms with van der Waals surface area (Å²) in [6, 6.07) is 0. The van der Waals surface area contributed by atoms with Crippen LogP contribution in [0.4, 0.5) is 0 Å². The fourth-order valence-electron chi connectivity index (χ4n) is 6.75. The molecule has 2 aliphatic heterocycles. The van der Waals surface area contributed by atoms with E-state index in [2.05, 4.69) is 6.92 Å². The smallest absolute Gasteiger partial charge is 0.333 e. The van der Waals surface area contributed by atoms with Crippen molar-refractivity contribution in [3.05, 3.63) is 11.6 Å². The van der Waals surface area contributed by atoms with Gasteiger partial charge in [-0.1, -0.05) is 13.3 Å². The second-order valence-electron chi connectivity index (χ2n) is 9.64. The molecule has 1 unspecified atom stereocenters. The summed E-state index contributed by atoms with van der Waals surface area (Å²) in [6.45, 7) is 6.36. The average molecular weight is 453 g/mol. The normalized spacial score (nSPS) is 40.9. The summed E-state index contributed by atoms with van der Waals surface area (Å²) in [5.74, 6) is 0.501. The van der Waals surface area contributed by atoms with Crippen molar-refractivity contribution in [3.63, 3.8) is 0 Å². The summed E-state index contributed by atoms with van der Waals surface area (Å²) >= 11 is 1.62. The zero-order valence-electron chi connectivity index (χ0n) is 18.7. The van der Waals surface area contributed by atoms with Crippen LogP contribution in [-0.4, -0.2) is 55.5 Å². The summed E-state index contributed by atoms with van der Waals surface area (Å²) in [5, 5.41) is 0. The summed E-state index contributed by atoms with van der Waals surface area (Å²) in [6.07, 6.45) is 4.15. The topological polar surface area (TPSA) is 88.1 Å². The Hall–Kier alpha value is -1.54. The zero-order chi connectivity index (χ0) is 22.4. The monoisotopic (exact) mass is 452 g/mol. The fraction of sp³-hybridized carbons (Fsp3) is 0.783. The highest BCUT2D eigenvalue weighted by molar-refractivity contribution is 7.99. The van der Waals surface area contributed by atoms with Crippen LogP contribution in [0.3, 0.4) is 0 Å². The van der Waals surface area contributed by atoms with Crippen LogP contribution < -0.4 is 0 Å². The third kappa shape index (κ3) is 3.41.